The van der Waals surface area contributed by atoms with E-state index < -0.39 is 0 Å². The van der Waals surface area contributed by atoms with Gasteiger partial charge in [0.1, 0.15) is 17.4 Å². The number of para-hydroxylation sites is 1. The Morgan fingerprint density at radius 3 is 2.95 bits per heavy atom. The summed E-state index contributed by atoms with van der Waals surface area (Å²) in [5.74, 6) is 0.787. The average Bonchev–Trinajstić information content (AvgIpc) is 3.13. The van der Waals surface area contributed by atoms with Crippen LogP contribution < -0.4 is 5.32 Å². The minimum atomic E-state index is -0.282. The Morgan fingerprint density at radius 2 is 2.18 bits per heavy atom. The highest BCUT2D eigenvalue weighted by Gasteiger charge is 2.15. The van der Waals surface area contributed by atoms with Crippen molar-refractivity contribution in [2.75, 3.05) is 6.54 Å². The molecule has 0 aliphatic rings. The highest BCUT2D eigenvalue weighted by atomic mass is 16.2. The van der Waals surface area contributed by atoms with E-state index in [-0.39, 0.29) is 11.9 Å². The molecule has 1 atom stereocenters. The fourth-order valence-corrected chi connectivity index (χ4v) is 2.44. The number of aromatic nitrogens is 5. The first-order valence-corrected chi connectivity index (χ1v) is 7.22. The van der Waals surface area contributed by atoms with Crippen molar-refractivity contribution in [2.45, 2.75) is 26.4 Å². The second-order valence-corrected chi connectivity index (χ2v) is 5.15. The molecule has 0 bridgehead atoms. The maximum absolute atomic E-state index is 12.2. The van der Waals surface area contributed by atoms with Gasteiger partial charge in [-0.2, -0.15) is 0 Å². The summed E-state index contributed by atoms with van der Waals surface area (Å²) in [4.78, 5) is 16.3. The van der Waals surface area contributed by atoms with Crippen molar-refractivity contribution in [1.82, 2.24) is 29.9 Å². The zero-order valence-corrected chi connectivity index (χ0v) is 12.6. The van der Waals surface area contributed by atoms with Gasteiger partial charge in [0.15, 0.2) is 0 Å². The molecule has 0 aliphatic heterocycles. The number of benzene rings is 1. The van der Waals surface area contributed by atoms with Crippen molar-refractivity contribution in [3.8, 4) is 0 Å². The van der Waals surface area contributed by atoms with Crippen LogP contribution in [0.5, 0.6) is 0 Å². The van der Waals surface area contributed by atoms with Crippen LogP contribution in [0.3, 0.4) is 0 Å². The van der Waals surface area contributed by atoms with E-state index in [0.717, 1.165) is 16.9 Å². The van der Waals surface area contributed by atoms with Crippen molar-refractivity contribution < 1.29 is 4.79 Å². The second kappa shape index (κ2) is 5.97. The summed E-state index contributed by atoms with van der Waals surface area (Å²) in [6.45, 7) is 4.83. The van der Waals surface area contributed by atoms with Gasteiger partial charge in [-0.15, -0.1) is 5.10 Å². The smallest absolute Gasteiger partial charge is 0.242 e. The summed E-state index contributed by atoms with van der Waals surface area (Å²) in [6, 6.07) is 7.48. The van der Waals surface area contributed by atoms with Gasteiger partial charge in [-0.3, -0.25) is 4.79 Å². The van der Waals surface area contributed by atoms with Crippen LogP contribution in [-0.2, 0) is 11.3 Å². The Hall–Kier alpha value is -2.70. The van der Waals surface area contributed by atoms with E-state index in [4.69, 9.17) is 0 Å². The average molecular weight is 298 g/mol. The number of hydrogen-bond donors (Lipinski definition) is 1. The van der Waals surface area contributed by atoms with E-state index in [0.29, 0.717) is 13.1 Å². The number of hydrogen-bond acceptors (Lipinski definition) is 4. The summed E-state index contributed by atoms with van der Waals surface area (Å²) in [5.41, 5.74) is 1.83. The van der Waals surface area contributed by atoms with Crippen molar-refractivity contribution in [3.63, 3.8) is 0 Å². The summed E-state index contributed by atoms with van der Waals surface area (Å²) >= 11 is 0. The molecule has 0 saturated heterocycles. The number of carbonyl (C=O) groups excluding carboxylic acids is 1. The predicted molar refractivity (Wildman–Crippen MR) is 82.2 cm³/mol. The van der Waals surface area contributed by atoms with Crippen LogP contribution in [0.15, 0.2) is 36.7 Å². The molecule has 1 amide bonds. The topological polar surface area (TPSA) is 77.6 Å². The van der Waals surface area contributed by atoms with Gasteiger partial charge in [-0.1, -0.05) is 17.3 Å². The number of nitrogens with one attached hydrogen (secondary N) is 1. The Balaban J connectivity index is 1.59. The summed E-state index contributed by atoms with van der Waals surface area (Å²) < 4.78 is 3.64. The number of fused-ring (bicyclic) bond motifs is 1. The monoisotopic (exact) mass is 298 g/mol. The molecule has 0 radical (unpaired) electrons. The molecular formula is C15H18N6O. The Bertz CT molecular complexity index is 790. The van der Waals surface area contributed by atoms with E-state index >= 15 is 0 Å². The highest BCUT2D eigenvalue weighted by Crippen LogP contribution is 2.10. The molecule has 0 saturated carbocycles. The van der Waals surface area contributed by atoms with Gasteiger partial charge < -0.3 is 9.88 Å². The third-order valence-electron chi connectivity index (χ3n) is 3.70. The van der Waals surface area contributed by atoms with Crippen molar-refractivity contribution in [3.05, 3.63) is 42.5 Å². The van der Waals surface area contributed by atoms with E-state index in [2.05, 4.69) is 20.6 Å². The normalized spacial score (nSPS) is 12.5. The highest BCUT2D eigenvalue weighted by molar-refractivity contribution is 5.80. The molecule has 0 spiro atoms. The molecule has 22 heavy (non-hydrogen) atoms. The van der Waals surface area contributed by atoms with Gasteiger partial charge in [0.2, 0.25) is 5.91 Å². The van der Waals surface area contributed by atoms with Gasteiger partial charge in [-0.05, 0) is 26.0 Å². The van der Waals surface area contributed by atoms with Crippen molar-refractivity contribution in [2.24, 2.45) is 0 Å². The number of aryl methyl sites for hydroxylation is 1. The Labute approximate surface area is 128 Å². The lowest BCUT2D eigenvalue weighted by Gasteiger charge is -2.15. The van der Waals surface area contributed by atoms with Crippen LogP contribution >= 0.6 is 0 Å². The SMILES string of the molecule is Cc1nccn1[C@@H](C)C(=O)NCCn1nnc2ccccc21. The second-order valence-electron chi connectivity index (χ2n) is 5.15. The molecule has 0 aliphatic carbocycles. The first-order valence-electron chi connectivity index (χ1n) is 7.22. The molecule has 0 unspecified atom stereocenters. The van der Waals surface area contributed by atoms with Gasteiger partial charge in [0.25, 0.3) is 0 Å². The largest absolute Gasteiger partial charge is 0.352 e. The third-order valence-corrected chi connectivity index (χ3v) is 3.70. The lowest BCUT2D eigenvalue weighted by atomic mass is 10.3. The molecule has 7 heteroatoms. The van der Waals surface area contributed by atoms with Crippen LogP contribution in [0.1, 0.15) is 18.8 Å². The molecule has 1 aromatic carbocycles. The fourth-order valence-electron chi connectivity index (χ4n) is 2.44. The number of nitrogens with zero attached hydrogens (tertiary/aromatic N) is 5. The molecule has 3 rings (SSSR count). The van der Waals surface area contributed by atoms with E-state index in [1.54, 1.807) is 10.9 Å². The lowest BCUT2D eigenvalue weighted by Crippen LogP contribution is -2.33. The number of amides is 1. The van der Waals surface area contributed by atoms with Gasteiger partial charge in [-0.25, -0.2) is 9.67 Å². The molecule has 0 fully saturated rings. The molecule has 1 N–H and O–H groups in total. The minimum absolute atomic E-state index is 0.0366. The maximum Gasteiger partial charge on any atom is 0.242 e. The van der Waals surface area contributed by atoms with Crippen molar-refractivity contribution >= 4 is 16.9 Å². The zero-order valence-electron chi connectivity index (χ0n) is 12.6. The van der Waals surface area contributed by atoms with Crippen LogP contribution in [0, 0.1) is 6.92 Å². The van der Waals surface area contributed by atoms with Crippen LogP contribution in [0.25, 0.3) is 11.0 Å². The van der Waals surface area contributed by atoms with E-state index in [1.165, 1.54) is 0 Å². The molecule has 2 heterocycles. The van der Waals surface area contributed by atoms with Gasteiger partial charge in [0.05, 0.1) is 12.1 Å². The quantitative estimate of drug-likeness (QED) is 0.770. The zero-order chi connectivity index (χ0) is 15.5. The van der Waals surface area contributed by atoms with Crippen LogP contribution in [0.2, 0.25) is 0 Å². The standard InChI is InChI=1S/C15H18N6O/c1-11(20-9-7-16-12(20)2)15(22)17-8-10-21-14-6-4-3-5-13(14)18-19-21/h3-7,9,11H,8,10H2,1-2H3,(H,17,22)/t11-/m0/s1. The third kappa shape index (κ3) is 2.69. The van der Waals surface area contributed by atoms with Gasteiger partial charge in [0, 0.05) is 18.9 Å². The molecule has 114 valence electrons. The molecule has 2 aromatic heterocycles. The van der Waals surface area contributed by atoms with Crippen LogP contribution in [-0.4, -0.2) is 37.0 Å². The number of rotatable bonds is 5. The van der Waals surface area contributed by atoms with Crippen LogP contribution in [0.4, 0.5) is 0 Å². The van der Waals surface area contributed by atoms with E-state index in [9.17, 15) is 4.79 Å². The van der Waals surface area contributed by atoms with Gasteiger partial charge >= 0.3 is 0 Å². The summed E-state index contributed by atoms with van der Waals surface area (Å²) in [6.07, 6.45) is 3.51. The number of carbonyl (C=O) groups is 1. The predicted octanol–water partition coefficient (Wildman–Crippen LogP) is 1.31. The molecule has 3 aromatic rings. The summed E-state index contributed by atoms with van der Waals surface area (Å²) in [5, 5.41) is 11.1. The molecule has 7 nitrogen and oxygen atoms in total. The number of imidazole rings is 1. The lowest BCUT2D eigenvalue weighted by molar-refractivity contribution is -0.123. The maximum atomic E-state index is 12.2. The van der Waals surface area contributed by atoms with Crippen molar-refractivity contribution in [1.29, 1.82) is 0 Å². The summed E-state index contributed by atoms with van der Waals surface area (Å²) in [7, 11) is 0. The Morgan fingerprint density at radius 1 is 1.36 bits per heavy atom. The Kier molecular flexibility index (Phi) is 3.86. The first kappa shape index (κ1) is 14.2. The van der Waals surface area contributed by atoms with E-state index in [1.807, 2.05) is 48.9 Å². The minimum Gasteiger partial charge on any atom is -0.352 e. The first-order chi connectivity index (χ1) is 10.7. The fraction of sp³-hybridized carbons (Fsp3) is 0.333. The molecular weight excluding hydrogens is 280 g/mol.